The second-order valence-electron chi connectivity index (χ2n) is 6.75. The Morgan fingerprint density at radius 2 is 2.04 bits per heavy atom. The highest BCUT2D eigenvalue weighted by Gasteiger charge is 2.34. The molecule has 0 unspecified atom stereocenters. The number of H-pyrrole nitrogens is 1. The number of aryl methyl sites for hydroxylation is 1. The second kappa shape index (κ2) is 6.35. The zero-order chi connectivity index (χ0) is 17.4. The van der Waals surface area contributed by atoms with Gasteiger partial charge in [0.1, 0.15) is 11.6 Å². The number of rotatable bonds is 2. The summed E-state index contributed by atoms with van der Waals surface area (Å²) in [6, 6.07) is 5.56. The first-order valence-corrected chi connectivity index (χ1v) is 8.78. The third-order valence-corrected chi connectivity index (χ3v) is 4.96. The lowest BCUT2D eigenvalue weighted by molar-refractivity contribution is -0.135. The molecule has 4 rings (SSSR count). The molecule has 2 aromatic heterocycles. The van der Waals surface area contributed by atoms with E-state index in [1.54, 1.807) is 19.2 Å². The molecule has 0 radical (unpaired) electrons. The average Bonchev–Trinajstić information content (AvgIpc) is 2.61. The fourth-order valence-electron chi connectivity index (χ4n) is 3.83. The molecule has 0 aliphatic carbocycles. The van der Waals surface area contributed by atoms with Gasteiger partial charge in [-0.1, -0.05) is 6.07 Å². The van der Waals surface area contributed by atoms with E-state index in [4.69, 9.17) is 4.74 Å². The number of aromatic amines is 1. The van der Waals surface area contributed by atoms with Crippen LogP contribution >= 0.6 is 0 Å². The maximum Gasteiger partial charge on any atom is 0.312 e. The molecule has 25 heavy (non-hydrogen) atoms. The number of carbonyl (C=O) groups excluding carboxylic acids is 1. The Hall–Kier alpha value is -2.63. The summed E-state index contributed by atoms with van der Waals surface area (Å²) in [7, 11) is 0. The van der Waals surface area contributed by atoms with Crippen molar-refractivity contribution < 1.29 is 9.53 Å². The third-order valence-electron chi connectivity index (χ3n) is 4.96. The summed E-state index contributed by atoms with van der Waals surface area (Å²) < 4.78 is 5.34. The molecular formula is C19H21N3O3. The minimum absolute atomic E-state index is 0.158. The number of nitrogens with zero attached hydrogens (tertiary/aromatic N) is 2. The van der Waals surface area contributed by atoms with Crippen molar-refractivity contribution >= 4 is 11.8 Å². The summed E-state index contributed by atoms with van der Waals surface area (Å²) in [5.41, 5.74) is 1.94. The standard InChI is InChI=1S/C19H21N3O3/c1-12-10-15-17(19(24)21-12)14(11-16(23)25-15)13-6-5-7-20-18(13)22-8-3-2-4-9-22/h5-7,10,14H,2-4,8-9,11H2,1H3,(H,21,24)/t14-/m1/s1. The van der Waals surface area contributed by atoms with Crippen LogP contribution in [0.15, 0.2) is 29.2 Å². The van der Waals surface area contributed by atoms with E-state index >= 15 is 0 Å². The normalized spacial score (nSPS) is 20.1. The van der Waals surface area contributed by atoms with Crippen LogP contribution in [0.1, 0.15) is 48.4 Å². The first-order valence-electron chi connectivity index (χ1n) is 8.78. The number of hydrogen-bond acceptors (Lipinski definition) is 5. The van der Waals surface area contributed by atoms with Gasteiger partial charge in [-0.05, 0) is 32.3 Å². The van der Waals surface area contributed by atoms with Gasteiger partial charge in [0.15, 0.2) is 0 Å². The lowest BCUT2D eigenvalue weighted by Gasteiger charge is -2.32. The quantitative estimate of drug-likeness (QED) is 0.851. The van der Waals surface area contributed by atoms with Crippen LogP contribution in [0.4, 0.5) is 5.82 Å². The number of hydrogen-bond donors (Lipinski definition) is 1. The number of anilines is 1. The highest BCUT2D eigenvalue weighted by Crippen LogP contribution is 2.40. The van der Waals surface area contributed by atoms with Crippen LogP contribution in [0.2, 0.25) is 0 Å². The van der Waals surface area contributed by atoms with Crippen LogP contribution in [0, 0.1) is 6.92 Å². The summed E-state index contributed by atoms with van der Waals surface area (Å²) >= 11 is 0. The molecule has 1 N–H and O–H groups in total. The van der Waals surface area contributed by atoms with Crippen molar-refractivity contribution in [1.29, 1.82) is 0 Å². The molecule has 0 amide bonds. The molecule has 2 aliphatic rings. The van der Waals surface area contributed by atoms with E-state index in [9.17, 15) is 9.59 Å². The van der Waals surface area contributed by atoms with Gasteiger partial charge in [-0.15, -0.1) is 0 Å². The Morgan fingerprint density at radius 3 is 2.84 bits per heavy atom. The molecule has 1 saturated heterocycles. The highest BCUT2D eigenvalue weighted by molar-refractivity contribution is 5.78. The van der Waals surface area contributed by atoms with Crippen molar-refractivity contribution in [3.63, 3.8) is 0 Å². The van der Waals surface area contributed by atoms with Crippen molar-refractivity contribution in [3.8, 4) is 5.75 Å². The van der Waals surface area contributed by atoms with E-state index in [0.717, 1.165) is 37.3 Å². The first kappa shape index (κ1) is 15.9. The summed E-state index contributed by atoms with van der Waals surface area (Å²) in [5, 5.41) is 0. The van der Waals surface area contributed by atoms with E-state index in [1.807, 2.05) is 12.1 Å². The topological polar surface area (TPSA) is 75.3 Å². The molecule has 1 atom stereocenters. The number of esters is 1. The number of carbonyl (C=O) groups is 1. The zero-order valence-electron chi connectivity index (χ0n) is 14.2. The molecular weight excluding hydrogens is 318 g/mol. The molecule has 0 saturated carbocycles. The molecule has 130 valence electrons. The Labute approximate surface area is 145 Å². The Bertz CT molecular complexity index is 868. The fourth-order valence-corrected chi connectivity index (χ4v) is 3.83. The number of aromatic nitrogens is 2. The Balaban J connectivity index is 1.84. The SMILES string of the molecule is Cc1cc2c(c(=O)[nH]1)[C@@H](c1cccnc1N1CCCCC1)CC(=O)O2. The zero-order valence-corrected chi connectivity index (χ0v) is 14.2. The summed E-state index contributed by atoms with van der Waals surface area (Å²) in [6.07, 6.45) is 5.44. The molecule has 2 aromatic rings. The molecule has 2 aliphatic heterocycles. The van der Waals surface area contributed by atoms with Crippen LogP contribution < -0.4 is 15.2 Å². The molecule has 6 nitrogen and oxygen atoms in total. The first-order chi connectivity index (χ1) is 12.1. The fraction of sp³-hybridized carbons (Fsp3) is 0.421. The van der Waals surface area contributed by atoms with Gasteiger partial charge in [0.2, 0.25) is 0 Å². The van der Waals surface area contributed by atoms with Gasteiger partial charge in [0.05, 0.1) is 12.0 Å². The maximum atomic E-state index is 12.6. The predicted molar refractivity (Wildman–Crippen MR) is 94.2 cm³/mol. The number of pyridine rings is 2. The number of piperidine rings is 1. The van der Waals surface area contributed by atoms with Gasteiger partial charge in [-0.25, -0.2) is 4.98 Å². The lowest BCUT2D eigenvalue weighted by atomic mass is 9.87. The largest absolute Gasteiger partial charge is 0.426 e. The molecule has 1 fully saturated rings. The third kappa shape index (κ3) is 2.92. The smallest absolute Gasteiger partial charge is 0.312 e. The lowest BCUT2D eigenvalue weighted by Crippen LogP contribution is -2.33. The Morgan fingerprint density at radius 1 is 1.24 bits per heavy atom. The molecule has 0 bridgehead atoms. The van der Waals surface area contributed by atoms with Gasteiger partial charge in [-0.3, -0.25) is 9.59 Å². The molecule has 4 heterocycles. The summed E-state index contributed by atoms with van der Waals surface area (Å²) in [5.74, 6) is 0.617. The van der Waals surface area contributed by atoms with Crippen LogP contribution in [0.3, 0.4) is 0 Å². The van der Waals surface area contributed by atoms with E-state index in [2.05, 4.69) is 14.9 Å². The summed E-state index contributed by atoms with van der Waals surface area (Å²) in [6.45, 7) is 3.69. The molecule has 0 spiro atoms. The maximum absolute atomic E-state index is 12.6. The molecule has 0 aromatic carbocycles. The number of fused-ring (bicyclic) bond motifs is 1. The van der Waals surface area contributed by atoms with Crippen LogP contribution in [0.5, 0.6) is 5.75 Å². The van der Waals surface area contributed by atoms with Gasteiger partial charge in [0, 0.05) is 42.5 Å². The van der Waals surface area contributed by atoms with Gasteiger partial charge in [0.25, 0.3) is 5.56 Å². The predicted octanol–water partition coefficient (Wildman–Crippen LogP) is 2.51. The van der Waals surface area contributed by atoms with Gasteiger partial charge >= 0.3 is 5.97 Å². The Kier molecular flexibility index (Phi) is 4.03. The van der Waals surface area contributed by atoms with E-state index in [-0.39, 0.29) is 23.9 Å². The van der Waals surface area contributed by atoms with Crippen LogP contribution in [-0.2, 0) is 4.79 Å². The van der Waals surface area contributed by atoms with Crippen molar-refractivity contribution in [2.24, 2.45) is 0 Å². The van der Waals surface area contributed by atoms with E-state index in [1.165, 1.54) is 6.42 Å². The van der Waals surface area contributed by atoms with Crippen molar-refractivity contribution in [1.82, 2.24) is 9.97 Å². The minimum Gasteiger partial charge on any atom is -0.426 e. The summed E-state index contributed by atoms with van der Waals surface area (Å²) in [4.78, 5) is 34.4. The van der Waals surface area contributed by atoms with Crippen molar-refractivity contribution in [3.05, 3.63) is 51.6 Å². The van der Waals surface area contributed by atoms with E-state index < -0.39 is 0 Å². The van der Waals surface area contributed by atoms with Crippen molar-refractivity contribution in [2.45, 2.75) is 38.5 Å². The van der Waals surface area contributed by atoms with Crippen LogP contribution in [0.25, 0.3) is 0 Å². The minimum atomic E-state index is -0.328. The van der Waals surface area contributed by atoms with Gasteiger partial charge in [-0.2, -0.15) is 0 Å². The van der Waals surface area contributed by atoms with Crippen molar-refractivity contribution in [2.75, 3.05) is 18.0 Å². The second-order valence-corrected chi connectivity index (χ2v) is 6.75. The highest BCUT2D eigenvalue weighted by atomic mass is 16.5. The monoisotopic (exact) mass is 339 g/mol. The molecule has 6 heteroatoms. The van der Waals surface area contributed by atoms with Gasteiger partial charge < -0.3 is 14.6 Å². The number of nitrogens with one attached hydrogen (secondary N) is 1. The van der Waals surface area contributed by atoms with E-state index in [0.29, 0.717) is 17.0 Å². The number of ether oxygens (including phenoxy) is 1. The van der Waals surface area contributed by atoms with Crippen LogP contribution in [-0.4, -0.2) is 29.0 Å². The average molecular weight is 339 g/mol.